The number of oxime groups is 1. The molecule has 0 amide bonds. The average Bonchev–Trinajstić information content (AvgIpc) is 2.30. The van der Waals surface area contributed by atoms with Gasteiger partial charge in [-0.1, -0.05) is 17.3 Å². The molecule has 1 N–H and O–H groups in total. The van der Waals surface area contributed by atoms with Crippen molar-refractivity contribution < 1.29 is 19.5 Å². The molecule has 0 fully saturated rings. The number of nitrogens with zero attached hydrogens (tertiary/aromatic N) is 1. The van der Waals surface area contributed by atoms with Crippen molar-refractivity contribution in [2.45, 2.75) is 6.92 Å². The fourth-order valence-corrected chi connectivity index (χ4v) is 1.11. The van der Waals surface area contributed by atoms with E-state index in [1.807, 2.05) is 0 Å². The minimum Gasteiger partial charge on any atom is -0.462 e. The van der Waals surface area contributed by atoms with Crippen molar-refractivity contribution >= 4 is 18.0 Å². The number of ether oxygens (including phenoxy) is 1. The Balaban J connectivity index is 2.83. The van der Waals surface area contributed by atoms with Gasteiger partial charge in [0.1, 0.15) is 6.21 Å². The maximum atomic E-state index is 11.3. The lowest BCUT2D eigenvalue weighted by Crippen LogP contribution is -2.06. The summed E-state index contributed by atoms with van der Waals surface area (Å²) in [5, 5.41) is 10.8. The first-order valence-electron chi connectivity index (χ1n) is 4.68. The molecule has 16 heavy (non-hydrogen) atoms. The molecule has 1 aromatic rings. The molecule has 0 aliphatic rings. The number of carbonyl (C=O) groups excluding carboxylic acids is 2. The first kappa shape index (κ1) is 11.9. The number of Topliss-reactive ketones (excluding diaryl/α,β-unsaturated/α-hetero) is 1. The van der Waals surface area contributed by atoms with E-state index in [4.69, 9.17) is 9.94 Å². The monoisotopic (exact) mass is 221 g/mol. The molecular formula is C11H11NO4. The normalized spacial score (nSPS) is 10.3. The second-order valence-corrected chi connectivity index (χ2v) is 2.91. The van der Waals surface area contributed by atoms with Crippen LogP contribution in [0.2, 0.25) is 0 Å². The summed E-state index contributed by atoms with van der Waals surface area (Å²) in [5.74, 6) is -0.866. The summed E-state index contributed by atoms with van der Waals surface area (Å²) in [6.07, 6.45) is 0.791. The topological polar surface area (TPSA) is 76.0 Å². The highest BCUT2D eigenvalue weighted by molar-refractivity contribution is 6.35. The molecule has 0 spiro atoms. The van der Waals surface area contributed by atoms with Crippen LogP contribution in [0.15, 0.2) is 29.4 Å². The van der Waals surface area contributed by atoms with Crippen LogP contribution in [0.4, 0.5) is 0 Å². The zero-order chi connectivity index (χ0) is 12.0. The molecule has 0 saturated heterocycles. The Morgan fingerprint density at radius 1 is 1.31 bits per heavy atom. The molecule has 0 aromatic heterocycles. The molecule has 5 heteroatoms. The third-order valence-corrected chi connectivity index (χ3v) is 1.86. The zero-order valence-corrected chi connectivity index (χ0v) is 8.71. The van der Waals surface area contributed by atoms with Crippen LogP contribution in [0.5, 0.6) is 0 Å². The highest BCUT2D eigenvalue weighted by Crippen LogP contribution is 2.06. The van der Waals surface area contributed by atoms with Gasteiger partial charge in [0.05, 0.1) is 12.2 Å². The highest BCUT2D eigenvalue weighted by atomic mass is 16.5. The number of carbonyl (C=O) groups is 2. The van der Waals surface area contributed by atoms with Gasteiger partial charge in [-0.2, -0.15) is 0 Å². The molecular weight excluding hydrogens is 210 g/mol. The summed E-state index contributed by atoms with van der Waals surface area (Å²) in [4.78, 5) is 22.5. The van der Waals surface area contributed by atoms with Crippen LogP contribution < -0.4 is 0 Å². The predicted molar refractivity (Wildman–Crippen MR) is 57.0 cm³/mol. The molecule has 0 radical (unpaired) electrons. The molecule has 5 nitrogen and oxygen atoms in total. The van der Waals surface area contributed by atoms with E-state index in [2.05, 4.69) is 5.16 Å². The Hall–Kier alpha value is -2.17. The van der Waals surface area contributed by atoms with Crippen LogP contribution in [-0.4, -0.2) is 29.8 Å². The number of esters is 1. The van der Waals surface area contributed by atoms with Gasteiger partial charge in [-0.05, 0) is 19.1 Å². The Bertz CT molecular complexity index is 408. The SMILES string of the molecule is CCOC(=O)c1ccc(C(=O)C=NO)cc1. The Morgan fingerprint density at radius 3 is 2.38 bits per heavy atom. The van der Waals surface area contributed by atoms with Crippen LogP contribution in [0.1, 0.15) is 27.6 Å². The Morgan fingerprint density at radius 2 is 1.88 bits per heavy atom. The summed E-state index contributed by atoms with van der Waals surface area (Å²) in [5.41, 5.74) is 0.713. The van der Waals surface area contributed by atoms with Crippen molar-refractivity contribution in [2.24, 2.45) is 5.16 Å². The van der Waals surface area contributed by atoms with Gasteiger partial charge in [-0.15, -0.1) is 0 Å². The van der Waals surface area contributed by atoms with E-state index in [1.54, 1.807) is 6.92 Å². The molecule has 0 saturated carbocycles. The fourth-order valence-electron chi connectivity index (χ4n) is 1.11. The van der Waals surface area contributed by atoms with E-state index in [0.717, 1.165) is 6.21 Å². The van der Waals surface area contributed by atoms with E-state index in [0.29, 0.717) is 17.7 Å². The molecule has 0 atom stereocenters. The molecule has 1 rings (SSSR count). The van der Waals surface area contributed by atoms with Gasteiger partial charge in [0.25, 0.3) is 0 Å². The number of ketones is 1. The van der Waals surface area contributed by atoms with Crippen LogP contribution in [-0.2, 0) is 4.74 Å². The van der Waals surface area contributed by atoms with E-state index in [-0.39, 0.29) is 0 Å². The maximum absolute atomic E-state index is 11.3. The van der Waals surface area contributed by atoms with E-state index in [1.165, 1.54) is 24.3 Å². The number of hydrogen-bond acceptors (Lipinski definition) is 5. The van der Waals surface area contributed by atoms with E-state index in [9.17, 15) is 9.59 Å². The third kappa shape index (κ3) is 2.91. The molecule has 0 aliphatic heterocycles. The smallest absolute Gasteiger partial charge is 0.338 e. The maximum Gasteiger partial charge on any atom is 0.338 e. The van der Waals surface area contributed by atoms with Gasteiger partial charge in [-0.25, -0.2) is 4.79 Å². The first-order valence-corrected chi connectivity index (χ1v) is 4.68. The summed E-state index contributed by atoms with van der Waals surface area (Å²) in [6, 6.07) is 5.90. The lowest BCUT2D eigenvalue weighted by Gasteiger charge is -2.01. The average molecular weight is 221 g/mol. The predicted octanol–water partition coefficient (Wildman–Crippen LogP) is 1.51. The minimum atomic E-state index is -0.433. The zero-order valence-electron chi connectivity index (χ0n) is 8.71. The van der Waals surface area contributed by atoms with Crippen molar-refractivity contribution in [3.05, 3.63) is 35.4 Å². The molecule has 1 aromatic carbocycles. The Kier molecular flexibility index (Phi) is 4.20. The summed E-state index contributed by atoms with van der Waals surface area (Å²) in [6.45, 7) is 2.02. The van der Waals surface area contributed by atoms with Crippen molar-refractivity contribution in [1.29, 1.82) is 0 Å². The number of hydrogen-bond donors (Lipinski definition) is 1. The molecule has 0 aliphatic carbocycles. The van der Waals surface area contributed by atoms with Crippen LogP contribution in [0, 0.1) is 0 Å². The van der Waals surface area contributed by atoms with Gasteiger partial charge in [0.2, 0.25) is 5.78 Å². The number of benzene rings is 1. The van der Waals surface area contributed by atoms with Gasteiger partial charge >= 0.3 is 5.97 Å². The van der Waals surface area contributed by atoms with E-state index < -0.39 is 11.8 Å². The summed E-state index contributed by atoms with van der Waals surface area (Å²) < 4.78 is 4.79. The summed E-state index contributed by atoms with van der Waals surface area (Å²) >= 11 is 0. The van der Waals surface area contributed by atoms with Crippen LogP contribution in [0.3, 0.4) is 0 Å². The lowest BCUT2D eigenvalue weighted by atomic mass is 10.1. The molecule has 0 unspecified atom stereocenters. The van der Waals surface area contributed by atoms with E-state index >= 15 is 0 Å². The molecule has 84 valence electrons. The first-order chi connectivity index (χ1) is 7.69. The highest BCUT2D eigenvalue weighted by Gasteiger charge is 2.07. The number of rotatable bonds is 4. The van der Waals surface area contributed by atoms with Gasteiger partial charge in [-0.3, -0.25) is 4.79 Å². The van der Waals surface area contributed by atoms with Crippen LogP contribution in [0.25, 0.3) is 0 Å². The Labute approximate surface area is 92.3 Å². The quantitative estimate of drug-likeness (QED) is 0.275. The van der Waals surface area contributed by atoms with Gasteiger partial charge in [0, 0.05) is 5.56 Å². The minimum absolute atomic E-state index is 0.302. The van der Waals surface area contributed by atoms with Crippen LogP contribution >= 0.6 is 0 Å². The van der Waals surface area contributed by atoms with Crippen molar-refractivity contribution in [3.63, 3.8) is 0 Å². The largest absolute Gasteiger partial charge is 0.462 e. The second kappa shape index (κ2) is 5.65. The third-order valence-electron chi connectivity index (χ3n) is 1.86. The second-order valence-electron chi connectivity index (χ2n) is 2.91. The summed E-state index contributed by atoms with van der Waals surface area (Å²) in [7, 11) is 0. The van der Waals surface area contributed by atoms with Crippen molar-refractivity contribution in [1.82, 2.24) is 0 Å². The van der Waals surface area contributed by atoms with Crippen molar-refractivity contribution in [3.8, 4) is 0 Å². The van der Waals surface area contributed by atoms with Gasteiger partial charge < -0.3 is 9.94 Å². The van der Waals surface area contributed by atoms with Crippen molar-refractivity contribution in [2.75, 3.05) is 6.61 Å². The molecule has 0 bridgehead atoms. The van der Waals surface area contributed by atoms with Gasteiger partial charge in [0.15, 0.2) is 0 Å². The lowest BCUT2D eigenvalue weighted by molar-refractivity contribution is 0.0526. The molecule has 0 heterocycles. The fraction of sp³-hybridized carbons (Fsp3) is 0.182. The standard InChI is InChI=1S/C11H11NO4/c1-2-16-11(14)9-5-3-8(4-6-9)10(13)7-12-15/h3-7,15H,2H2,1H3.